The first-order valence-electron chi connectivity index (χ1n) is 5.32. The molecule has 0 unspecified atom stereocenters. The van der Waals surface area contributed by atoms with Crippen LogP contribution in [0.1, 0.15) is 0 Å². The standard InChI is InChI=1S/C12H11P.C2H7P/c1-3-7-11(8-4-1)13-12-9-5-2-6-10-12;1-3-2/h1-10,13H;3H,1-2H3. The molecule has 0 atom stereocenters. The summed E-state index contributed by atoms with van der Waals surface area (Å²) in [6.45, 7) is 4.31. The smallest absolute Gasteiger partial charge is 0.0226 e. The van der Waals surface area contributed by atoms with Crippen molar-refractivity contribution < 1.29 is 0 Å². The molecule has 0 fully saturated rings. The molecule has 0 amide bonds. The minimum atomic E-state index is 0.777. The van der Waals surface area contributed by atoms with E-state index in [2.05, 4.69) is 74.0 Å². The Morgan fingerprint density at radius 1 is 0.625 bits per heavy atom. The Bertz CT molecular complexity index is 333. The highest BCUT2D eigenvalue weighted by Crippen LogP contribution is 2.08. The topological polar surface area (TPSA) is 0 Å². The normalized spacial score (nSPS) is 9.12. The molecule has 0 bridgehead atoms. The monoisotopic (exact) mass is 248 g/mol. The molecule has 2 aromatic rings. The van der Waals surface area contributed by atoms with Crippen LogP contribution in [0.2, 0.25) is 0 Å². The lowest BCUT2D eigenvalue weighted by atomic mass is 10.4. The van der Waals surface area contributed by atoms with Crippen LogP contribution in [0, 0.1) is 0 Å². The van der Waals surface area contributed by atoms with E-state index in [0.29, 0.717) is 0 Å². The number of benzene rings is 2. The van der Waals surface area contributed by atoms with Gasteiger partial charge in [-0.05, 0) is 23.9 Å². The predicted octanol–water partition coefficient (Wildman–Crippen LogP) is 3.24. The number of hydrogen-bond acceptors (Lipinski definition) is 0. The largest absolute Gasteiger partial charge is 0.129 e. The maximum atomic E-state index is 2.17. The van der Waals surface area contributed by atoms with Crippen LogP contribution in [0.3, 0.4) is 0 Å². The van der Waals surface area contributed by atoms with Gasteiger partial charge in [0, 0.05) is 0 Å². The molecule has 0 saturated heterocycles. The van der Waals surface area contributed by atoms with Crippen molar-refractivity contribution in [1.29, 1.82) is 0 Å². The zero-order valence-electron chi connectivity index (χ0n) is 9.77. The van der Waals surface area contributed by atoms with E-state index in [1.54, 1.807) is 0 Å². The molecule has 0 aromatic heterocycles. The van der Waals surface area contributed by atoms with Crippen LogP contribution < -0.4 is 10.6 Å². The fourth-order valence-corrected chi connectivity index (χ4v) is 2.26. The van der Waals surface area contributed by atoms with Crippen molar-refractivity contribution in [2.75, 3.05) is 13.3 Å². The lowest BCUT2D eigenvalue weighted by molar-refractivity contribution is 1.76. The molecule has 0 spiro atoms. The van der Waals surface area contributed by atoms with Gasteiger partial charge >= 0.3 is 0 Å². The summed E-state index contributed by atoms with van der Waals surface area (Å²) in [5.41, 5.74) is 0. The Labute approximate surface area is 102 Å². The van der Waals surface area contributed by atoms with E-state index in [4.69, 9.17) is 0 Å². The van der Waals surface area contributed by atoms with Crippen molar-refractivity contribution in [1.82, 2.24) is 0 Å². The molecular weight excluding hydrogens is 230 g/mol. The Hall–Kier alpha value is -0.700. The molecule has 84 valence electrons. The van der Waals surface area contributed by atoms with Crippen molar-refractivity contribution in [3.63, 3.8) is 0 Å². The van der Waals surface area contributed by atoms with E-state index in [0.717, 1.165) is 17.2 Å². The molecule has 0 heterocycles. The highest BCUT2D eigenvalue weighted by molar-refractivity contribution is 7.55. The molecule has 2 heteroatoms. The van der Waals surface area contributed by atoms with Gasteiger partial charge in [-0.25, -0.2) is 0 Å². The van der Waals surface area contributed by atoms with Gasteiger partial charge in [0.2, 0.25) is 0 Å². The van der Waals surface area contributed by atoms with E-state index in [-0.39, 0.29) is 0 Å². The first-order chi connectivity index (χ1) is 7.86. The third-order valence-corrected chi connectivity index (χ3v) is 3.08. The number of rotatable bonds is 2. The van der Waals surface area contributed by atoms with Crippen LogP contribution in [0.25, 0.3) is 0 Å². The summed E-state index contributed by atoms with van der Waals surface area (Å²) in [4.78, 5) is 0. The van der Waals surface area contributed by atoms with Gasteiger partial charge in [-0.1, -0.05) is 69.2 Å². The van der Waals surface area contributed by atoms with Crippen molar-refractivity contribution in [3.05, 3.63) is 60.7 Å². The highest BCUT2D eigenvalue weighted by atomic mass is 31.1. The van der Waals surface area contributed by atoms with Crippen LogP contribution >= 0.6 is 17.2 Å². The lowest BCUT2D eigenvalue weighted by Gasteiger charge is -2.00. The van der Waals surface area contributed by atoms with Crippen LogP contribution in [0.4, 0.5) is 0 Å². The van der Waals surface area contributed by atoms with E-state index >= 15 is 0 Å². The van der Waals surface area contributed by atoms with Gasteiger partial charge < -0.3 is 0 Å². The zero-order chi connectivity index (χ0) is 11.6. The van der Waals surface area contributed by atoms with E-state index in [9.17, 15) is 0 Å². The van der Waals surface area contributed by atoms with Gasteiger partial charge in [-0.2, -0.15) is 0 Å². The zero-order valence-corrected chi connectivity index (χ0v) is 11.8. The van der Waals surface area contributed by atoms with Gasteiger partial charge in [-0.3, -0.25) is 0 Å². The Kier molecular flexibility index (Phi) is 7.06. The Balaban J connectivity index is 0.000000386. The van der Waals surface area contributed by atoms with Gasteiger partial charge in [0.05, 0.1) is 0 Å². The summed E-state index contributed by atoms with van der Waals surface area (Å²) in [6, 6.07) is 21.2. The Morgan fingerprint density at radius 3 is 1.25 bits per heavy atom. The molecule has 0 N–H and O–H groups in total. The lowest BCUT2D eigenvalue weighted by Crippen LogP contribution is -2.01. The van der Waals surface area contributed by atoms with Crippen LogP contribution in [0.5, 0.6) is 0 Å². The molecule has 0 aliphatic heterocycles. The summed E-state index contributed by atoms with van der Waals surface area (Å²) in [7, 11) is 1.86. The summed E-state index contributed by atoms with van der Waals surface area (Å²) in [5, 5.41) is 2.79. The van der Waals surface area contributed by atoms with Crippen molar-refractivity contribution in [2.24, 2.45) is 0 Å². The van der Waals surface area contributed by atoms with E-state index < -0.39 is 0 Å². The van der Waals surface area contributed by atoms with Crippen molar-refractivity contribution in [2.45, 2.75) is 0 Å². The third kappa shape index (κ3) is 5.40. The molecule has 0 saturated carbocycles. The molecule has 2 rings (SSSR count). The molecule has 2 aromatic carbocycles. The summed E-state index contributed by atoms with van der Waals surface area (Å²) in [6.07, 6.45) is 0. The fourth-order valence-electron chi connectivity index (χ4n) is 1.21. The molecule has 0 aliphatic rings. The van der Waals surface area contributed by atoms with Crippen molar-refractivity contribution >= 4 is 27.8 Å². The SMILES string of the molecule is CPC.c1ccc(Pc2ccccc2)cc1. The van der Waals surface area contributed by atoms with Gasteiger partial charge in [0.25, 0.3) is 0 Å². The van der Waals surface area contributed by atoms with Crippen LogP contribution in [-0.2, 0) is 0 Å². The van der Waals surface area contributed by atoms with E-state index in [1.165, 1.54) is 10.6 Å². The predicted molar refractivity (Wildman–Crippen MR) is 80.6 cm³/mol. The third-order valence-electron chi connectivity index (χ3n) is 1.84. The maximum Gasteiger partial charge on any atom is -0.0226 e. The average molecular weight is 248 g/mol. The molecule has 16 heavy (non-hydrogen) atoms. The minimum Gasteiger partial charge on any atom is -0.129 e. The van der Waals surface area contributed by atoms with Crippen LogP contribution in [0.15, 0.2) is 60.7 Å². The molecule has 0 radical (unpaired) electrons. The average Bonchev–Trinajstić information content (AvgIpc) is 2.33. The maximum absolute atomic E-state index is 2.17. The second-order valence-corrected chi connectivity index (χ2v) is 5.76. The van der Waals surface area contributed by atoms with E-state index in [1.807, 2.05) is 0 Å². The summed E-state index contributed by atoms with van der Waals surface area (Å²) in [5.74, 6) is 0. The first-order valence-corrected chi connectivity index (χ1v) is 8.32. The van der Waals surface area contributed by atoms with Crippen molar-refractivity contribution in [3.8, 4) is 0 Å². The minimum absolute atomic E-state index is 0.777. The summed E-state index contributed by atoms with van der Waals surface area (Å²) < 4.78 is 0. The molecular formula is C14H18P2. The highest BCUT2D eigenvalue weighted by Gasteiger charge is 1.92. The van der Waals surface area contributed by atoms with Gasteiger partial charge in [-0.15, -0.1) is 8.58 Å². The van der Waals surface area contributed by atoms with Gasteiger partial charge in [0.1, 0.15) is 0 Å². The second-order valence-electron chi connectivity index (χ2n) is 3.36. The summed E-state index contributed by atoms with van der Waals surface area (Å²) >= 11 is 0. The quantitative estimate of drug-likeness (QED) is 0.716. The Morgan fingerprint density at radius 2 is 0.938 bits per heavy atom. The second kappa shape index (κ2) is 8.45. The van der Waals surface area contributed by atoms with Crippen LogP contribution in [-0.4, -0.2) is 13.3 Å². The first kappa shape index (κ1) is 13.4. The molecule has 0 nitrogen and oxygen atoms in total. The fraction of sp³-hybridized carbons (Fsp3) is 0.143. The van der Waals surface area contributed by atoms with Gasteiger partial charge in [0.15, 0.2) is 0 Å². The number of hydrogen-bond donors (Lipinski definition) is 0. The molecule has 0 aliphatic carbocycles.